The van der Waals surface area contributed by atoms with Crippen molar-refractivity contribution in [2.75, 3.05) is 18.0 Å². The minimum atomic E-state index is -0.240. The largest absolute Gasteiger partial charge is 0.372 e. The quantitative estimate of drug-likeness (QED) is 0.393. The number of aryl methyl sites for hydroxylation is 1. The first-order valence-corrected chi connectivity index (χ1v) is 11.0. The fourth-order valence-corrected chi connectivity index (χ4v) is 4.34. The summed E-state index contributed by atoms with van der Waals surface area (Å²) >= 11 is 12.5. The van der Waals surface area contributed by atoms with E-state index in [4.69, 9.17) is 23.2 Å². The van der Waals surface area contributed by atoms with Gasteiger partial charge >= 0.3 is 0 Å². The van der Waals surface area contributed by atoms with E-state index in [1.165, 1.54) is 12.8 Å². The van der Waals surface area contributed by atoms with Gasteiger partial charge in [-0.3, -0.25) is 4.79 Å². The summed E-state index contributed by atoms with van der Waals surface area (Å²) in [5.41, 5.74) is 7.99. The molecule has 4 rings (SSSR count). The van der Waals surface area contributed by atoms with Crippen LogP contribution in [0.2, 0.25) is 10.0 Å². The summed E-state index contributed by atoms with van der Waals surface area (Å²) in [5, 5.41) is 5.39. The Balaban J connectivity index is 1.46. The van der Waals surface area contributed by atoms with Crippen LogP contribution in [0.5, 0.6) is 0 Å². The maximum absolute atomic E-state index is 12.5. The van der Waals surface area contributed by atoms with Crippen molar-refractivity contribution in [3.8, 4) is 5.69 Å². The average molecular weight is 455 g/mol. The smallest absolute Gasteiger partial charge is 0.271 e. The van der Waals surface area contributed by atoms with Crippen molar-refractivity contribution >= 4 is 41.0 Å². The van der Waals surface area contributed by atoms with Crippen molar-refractivity contribution < 1.29 is 4.79 Å². The van der Waals surface area contributed by atoms with E-state index in [0.29, 0.717) is 15.6 Å². The van der Waals surface area contributed by atoms with E-state index < -0.39 is 0 Å². The number of hydrogen-bond donors (Lipinski definition) is 1. The molecule has 160 valence electrons. The van der Waals surface area contributed by atoms with Crippen LogP contribution >= 0.6 is 23.2 Å². The Morgan fingerprint density at radius 3 is 2.45 bits per heavy atom. The number of hydrogen-bond acceptors (Lipinski definition) is 3. The van der Waals surface area contributed by atoms with E-state index in [-0.39, 0.29) is 5.91 Å². The summed E-state index contributed by atoms with van der Waals surface area (Å²) < 4.78 is 2.02. The second-order valence-electron chi connectivity index (χ2n) is 7.70. The topological polar surface area (TPSA) is 49.6 Å². The highest BCUT2D eigenvalue weighted by molar-refractivity contribution is 6.34. The Morgan fingerprint density at radius 1 is 1.03 bits per heavy atom. The Labute approximate surface area is 192 Å². The molecule has 0 aliphatic carbocycles. The highest BCUT2D eigenvalue weighted by Gasteiger charge is 2.14. The second kappa shape index (κ2) is 9.16. The molecule has 1 aliphatic heterocycles. The van der Waals surface area contributed by atoms with Gasteiger partial charge in [-0.2, -0.15) is 5.10 Å². The molecule has 7 heteroatoms. The summed E-state index contributed by atoms with van der Waals surface area (Å²) in [6, 6.07) is 15.0. The monoisotopic (exact) mass is 454 g/mol. The van der Waals surface area contributed by atoms with Gasteiger partial charge in [0.2, 0.25) is 0 Å². The lowest BCUT2D eigenvalue weighted by Crippen LogP contribution is -2.19. The van der Waals surface area contributed by atoms with Gasteiger partial charge in [0.25, 0.3) is 5.91 Å². The van der Waals surface area contributed by atoms with Gasteiger partial charge in [-0.25, -0.2) is 5.43 Å². The molecule has 5 nitrogen and oxygen atoms in total. The molecule has 0 spiro atoms. The second-order valence-corrected chi connectivity index (χ2v) is 8.54. The number of anilines is 1. The standard InChI is InChI=1S/C24H24Cl2N4O/c1-16-13-19(17(2)30(16)23-14-20(25)7-10-22(23)26)15-27-28-24(31)18-5-8-21(9-6-18)29-11-3-4-12-29/h5-10,13-15H,3-4,11-12H2,1-2H3,(H,28,31)/b27-15-. The van der Waals surface area contributed by atoms with E-state index in [9.17, 15) is 4.79 Å². The summed E-state index contributed by atoms with van der Waals surface area (Å²) in [6.45, 7) is 6.12. The average Bonchev–Trinajstić information content (AvgIpc) is 3.39. The molecule has 1 N–H and O–H groups in total. The number of aromatic nitrogens is 1. The molecule has 0 bridgehead atoms. The van der Waals surface area contributed by atoms with E-state index >= 15 is 0 Å². The Bertz CT molecular complexity index is 1130. The first-order valence-electron chi connectivity index (χ1n) is 10.3. The molecule has 0 radical (unpaired) electrons. The van der Waals surface area contributed by atoms with Gasteiger partial charge in [0.1, 0.15) is 0 Å². The van der Waals surface area contributed by atoms with Gasteiger partial charge < -0.3 is 9.47 Å². The SMILES string of the molecule is Cc1cc(/C=N\NC(=O)c2ccc(N3CCCC3)cc2)c(C)n1-c1cc(Cl)ccc1Cl. The van der Waals surface area contributed by atoms with Gasteiger partial charge in [0, 0.05) is 46.3 Å². The highest BCUT2D eigenvalue weighted by atomic mass is 35.5. The Kier molecular flexibility index (Phi) is 6.35. The number of hydrazone groups is 1. The van der Waals surface area contributed by atoms with Crippen molar-refractivity contribution in [2.24, 2.45) is 5.10 Å². The van der Waals surface area contributed by atoms with Crippen LogP contribution < -0.4 is 10.3 Å². The zero-order valence-corrected chi connectivity index (χ0v) is 19.0. The van der Waals surface area contributed by atoms with Gasteiger partial charge in [0.15, 0.2) is 0 Å². The van der Waals surface area contributed by atoms with Crippen LogP contribution in [0.15, 0.2) is 53.6 Å². The van der Waals surface area contributed by atoms with Gasteiger partial charge in [-0.05, 0) is 75.2 Å². The number of rotatable bonds is 5. The maximum atomic E-state index is 12.5. The van der Waals surface area contributed by atoms with E-state index in [0.717, 1.165) is 41.4 Å². The van der Waals surface area contributed by atoms with Gasteiger partial charge in [0.05, 0.1) is 16.9 Å². The minimum absolute atomic E-state index is 0.240. The summed E-state index contributed by atoms with van der Waals surface area (Å²) in [4.78, 5) is 14.8. The molecule has 0 atom stereocenters. The third-order valence-electron chi connectivity index (χ3n) is 5.59. The number of amides is 1. The number of benzene rings is 2. The van der Waals surface area contributed by atoms with Crippen LogP contribution in [-0.2, 0) is 0 Å². The van der Waals surface area contributed by atoms with Crippen LogP contribution in [0.3, 0.4) is 0 Å². The predicted octanol–water partition coefficient (Wildman–Crippen LogP) is 5.77. The first-order chi connectivity index (χ1) is 14.9. The van der Waals surface area contributed by atoms with Gasteiger partial charge in [-0.15, -0.1) is 0 Å². The van der Waals surface area contributed by atoms with Crippen molar-refractivity contribution in [3.05, 3.63) is 81.1 Å². The number of carbonyl (C=O) groups excluding carboxylic acids is 1. The normalized spacial score (nSPS) is 13.9. The van der Waals surface area contributed by atoms with Crippen LogP contribution in [-0.4, -0.2) is 29.8 Å². The Morgan fingerprint density at radius 2 is 1.74 bits per heavy atom. The van der Waals surface area contributed by atoms with E-state index in [2.05, 4.69) is 15.4 Å². The predicted molar refractivity (Wildman–Crippen MR) is 128 cm³/mol. The number of nitrogens with zero attached hydrogens (tertiary/aromatic N) is 3. The molecule has 1 aromatic heterocycles. The maximum Gasteiger partial charge on any atom is 0.271 e. The van der Waals surface area contributed by atoms with Crippen molar-refractivity contribution in [1.82, 2.24) is 9.99 Å². The molecule has 1 aliphatic rings. The number of halogens is 2. The molecular formula is C24H24Cl2N4O. The number of carbonyl (C=O) groups is 1. The highest BCUT2D eigenvalue weighted by Crippen LogP contribution is 2.28. The molecule has 1 amide bonds. The molecule has 2 aromatic carbocycles. The molecule has 2 heterocycles. The molecule has 3 aromatic rings. The Hall–Kier alpha value is -2.76. The van der Waals surface area contributed by atoms with Crippen LogP contribution in [0.1, 0.15) is 40.2 Å². The van der Waals surface area contributed by atoms with E-state index in [1.807, 2.05) is 54.8 Å². The number of nitrogens with one attached hydrogen (secondary N) is 1. The van der Waals surface area contributed by atoms with Crippen molar-refractivity contribution in [2.45, 2.75) is 26.7 Å². The zero-order valence-electron chi connectivity index (χ0n) is 17.5. The first kappa shape index (κ1) is 21.5. The van der Waals surface area contributed by atoms with Crippen molar-refractivity contribution in [1.29, 1.82) is 0 Å². The summed E-state index contributed by atoms with van der Waals surface area (Å²) in [6.07, 6.45) is 4.09. The minimum Gasteiger partial charge on any atom is -0.372 e. The van der Waals surface area contributed by atoms with E-state index in [1.54, 1.807) is 18.3 Å². The van der Waals surface area contributed by atoms with Crippen molar-refractivity contribution in [3.63, 3.8) is 0 Å². The molecule has 0 unspecified atom stereocenters. The third-order valence-corrected chi connectivity index (χ3v) is 6.14. The van der Waals surface area contributed by atoms with Crippen LogP contribution in [0.4, 0.5) is 5.69 Å². The molecular weight excluding hydrogens is 431 g/mol. The molecule has 0 saturated carbocycles. The fourth-order valence-electron chi connectivity index (χ4n) is 3.97. The van der Waals surface area contributed by atoms with Gasteiger partial charge in [-0.1, -0.05) is 23.2 Å². The lowest BCUT2D eigenvalue weighted by Gasteiger charge is -2.17. The lowest BCUT2D eigenvalue weighted by molar-refractivity contribution is 0.0955. The lowest BCUT2D eigenvalue weighted by atomic mass is 10.2. The third kappa shape index (κ3) is 4.63. The molecule has 31 heavy (non-hydrogen) atoms. The molecule has 1 fully saturated rings. The summed E-state index contributed by atoms with van der Waals surface area (Å²) in [7, 11) is 0. The fraction of sp³-hybridized carbons (Fsp3) is 0.250. The zero-order chi connectivity index (χ0) is 22.0. The van der Waals surface area contributed by atoms with Crippen LogP contribution in [0.25, 0.3) is 5.69 Å². The molecule has 1 saturated heterocycles. The summed E-state index contributed by atoms with van der Waals surface area (Å²) in [5.74, 6) is -0.240. The van der Waals surface area contributed by atoms with Crippen LogP contribution in [0, 0.1) is 13.8 Å².